The number of nitrogens with zero attached hydrogens (tertiary/aromatic N) is 4. The number of aromatic nitrogens is 4. The quantitative estimate of drug-likeness (QED) is 0.185. The van der Waals surface area contributed by atoms with Gasteiger partial charge in [-0.15, -0.1) is 11.3 Å². The van der Waals surface area contributed by atoms with Gasteiger partial charge in [0.1, 0.15) is 11.2 Å². The van der Waals surface area contributed by atoms with Crippen molar-refractivity contribution in [1.29, 1.82) is 0 Å². The van der Waals surface area contributed by atoms with E-state index in [4.69, 9.17) is 29.5 Å². The minimum absolute atomic E-state index is 0.0298. The molecule has 0 atom stereocenters. The van der Waals surface area contributed by atoms with Gasteiger partial charge >= 0.3 is 0 Å². The Hall–Kier alpha value is -6.63. The van der Waals surface area contributed by atoms with E-state index in [1.54, 1.807) is 30.3 Å². The summed E-state index contributed by atoms with van der Waals surface area (Å²) < 4.78 is 176. The summed E-state index contributed by atoms with van der Waals surface area (Å²) in [4.78, 5) is 14.2. The van der Waals surface area contributed by atoms with Crippen LogP contribution in [0.4, 0.5) is 0 Å². The fourth-order valence-corrected chi connectivity index (χ4v) is 7.44. The first-order chi connectivity index (χ1) is 33.2. The Morgan fingerprint density at radius 1 is 0.529 bits per heavy atom. The average Bonchev–Trinajstić information content (AvgIpc) is 4.06. The molecule has 0 spiro atoms. The molecule has 0 fully saturated rings. The summed E-state index contributed by atoms with van der Waals surface area (Å²) in [6, 6.07) is -0.668. The Kier molecular flexibility index (Phi) is 3.32. The van der Waals surface area contributed by atoms with Gasteiger partial charge in [0.05, 0.1) is 42.6 Å². The Morgan fingerprint density at radius 3 is 2.16 bits per heavy atom. The van der Waals surface area contributed by atoms with Crippen LogP contribution in [0.5, 0.6) is 0 Å². The molecular weight excluding hydrogens is 645 g/mol. The third kappa shape index (κ3) is 4.30. The SMILES string of the molecule is [2H]c1c([2H])c([2H])c(-c2c([2H])c([2H])c(-c3nc(-c4cccc5c4oc4ccccc45)nc(-n4c5c([2H])c([2H])c([2H])c([2H])c5c5c6sc7c([2H])c([2H])c([2H])c([2H])c7c6c([2H])c([2H])c54)n3)c([2H])c2[2H])c([2H])c1[2H]. The molecule has 5 nitrogen and oxygen atoms in total. The van der Waals surface area contributed by atoms with E-state index in [2.05, 4.69) is 4.98 Å². The molecule has 7 aromatic carbocycles. The molecule has 0 N–H and O–H groups in total. The zero-order valence-electron chi connectivity index (χ0n) is 44.6. The summed E-state index contributed by atoms with van der Waals surface area (Å²) in [5.41, 5.74) is -1.36. The van der Waals surface area contributed by atoms with Crippen molar-refractivity contribution in [2.45, 2.75) is 0 Å². The van der Waals surface area contributed by atoms with Crippen molar-refractivity contribution in [2.24, 2.45) is 0 Å². The number of hydrogen-bond acceptors (Lipinski definition) is 5. The van der Waals surface area contributed by atoms with Crippen LogP contribution in [0.15, 0.2) is 162 Å². The third-order valence-electron chi connectivity index (χ3n) is 8.54. The van der Waals surface area contributed by atoms with Crippen LogP contribution < -0.4 is 0 Å². The largest absolute Gasteiger partial charge is 0.455 e. The predicted molar refractivity (Wildman–Crippen MR) is 211 cm³/mol. The molecule has 0 amide bonds. The first-order valence-electron chi connectivity index (χ1n) is 24.9. The zero-order chi connectivity index (χ0) is 50.0. The molecule has 0 unspecified atom stereocenters. The van der Waals surface area contributed by atoms with Gasteiger partial charge < -0.3 is 4.42 Å². The van der Waals surface area contributed by atoms with Crippen molar-refractivity contribution in [3.05, 3.63) is 157 Å². The molecule has 0 radical (unpaired) electrons. The summed E-state index contributed by atoms with van der Waals surface area (Å²) in [6.45, 7) is 0. The van der Waals surface area contributed by atoms with Crippen LogP contribution >= 0.6 is 11.3 Å². The first-order valence-corrected chi connectivity index (χ1v) is 16.2. The van der Waals surface area contributed by atoms with E-state index in [0.717, 1.165) is 15.9 Å². The maximum Gasteiger partial charge on any atom is 0.238 e. The average molecular weight is 690 g/mol. The number of furan rings is 1. The molecule has 6 heteroatoms. The van der Waals surface area contributed by atoms with Gasteiger partial charge in [-0.05, 0) is 41.4 Å². The van der Waals surface area contributed by atoms with Crippen molar-refractivity contribution in [1.82, 2.24) is 19.5 Å². The molecule has 238 valence electrons. The van der Waals surface area contributed by atoms with Gasteiger partial charge in [0, 0.05) is 47.3 Å². The van der Waals surface area contributed by atoms with Gasteiger partial charge in [0.15, 0.2) is 11.6 Å². The lowest BCUT2D eigenvalue weighted by molar-refractivity contribution is 0.669. The topological polar surface area (TPSA) is 56.7 Å². The van der Waals surface area contributed by atoms with Crippen LogP contribution in [0.2, 0.25) is 0 Å². The Balaban J connectivity index is 1.32. The molecule has 11 aromatic rings. The lowest BCUT2D eigenvalue weighted by Gasteiger charge is -2.11. The molecule has 0 bridgehead atoms. The number of para-hydroxylation sites is 3. The number of fused-ring (bicyclic) bond motifs is 10. The molecule has 51 heavy (non-hydrogen) atoms. The van der Waals surface area contributed by atoms with Crippen LogP contribution in [0.25, 0.3) is 104 Å². The Labute approximate surface area is 322 Å². The van der Waals surface area contributed by atoms with Gasteiger partial charge in [-0.2, -0.15) is 9.97 Å². The summed E-state index contributed by atoms with van der Waals surface area (Å²) in [6.07, 6.45) is 0. The molecule has 0 saturated heterocycles. The molecule has 4 heterocycles. The van der Waals surface area contributed by atoms with Gasteiger partial charge in [0.2, 0.25) is 5.95 Å². The van der Waals surface area contributed by atoms with E-state index in [9.17, 15) is 11.0 Å². The monoisotopic (exact) mass is 689 g/mol. The second kappa shape index (κ2) is 10.9. The normalized spacial score (nSPS) is 17.1. The number of benzene rings is 7. The summed E-state index contributed by atoms with van der Waals surface area (Å²) in [5.74, 6) is -1.27. The lowest BCUT2D eigenvalue weighted by atomic mass is 10.0. The fraction of sp³-hybridized carbons (Fsp3) is 0. The van der Waals surface area contributed by atoms with E-state index >= 15 is 0 Å². The molecule has 11 rings (SSSR count). The maximum atomic E-state index is 9.61. The van der Waals surface area contributed by atoms with E-state index in [1.165, 1.54) is 0 Å². The molecule has 0 aliphatic heterocycles. The Bertz CT molecular complexity index is 4200. The number of rotatable bonds is 4. The highest BCUT2D eigenvalue weighted by Crippen LogP contribution is 2.43. The van der Waals surface area contributed by atoms with Crippen LogP contribution in [0, 0.1) is 0 Å². The van der Waals surface area contributed by atoms with Gasteiger partial charge in [-0.25, -0.2) is 4.98 Å². The second-order valence-corrected chi connectivity index (χ2v) is 12.4. The van der Waals surface area contributed by atoms with Crippen molar-refractivity contribution in [3.8, 4) is 39.9 Å². The third-order valence-corrected chi connectivity index (χ3v) is 9.66. The number of hydrogen-bond donors (Lipinski definition) is 0. The number of thiophene rings is 1. The molecule has 0 aliphatic carbocycles. The van der Waals surface area contributed by atoms with Crippen LogP contribution in [-0.4, -0.2) is 19.5 Å². The highest BCUT2D eigenvalue weighted by Gasteiger charge is 2.22. The first kappa shape index (κ1) is 15.5. The molecule has 0 aliphatic rings. The Morgan fingerprint density at radius 2 is 1.25 bits per heavy atom. The van der Waals surface area contributed by atoms with E-state index < -0.39 is 143 Å². The second-order valence-electron chi connectivity index (χ2n) is 11.4. The fourth-order valence-electron chi connectivity index (χ4n) is 6.32. The minimum atomic E-state index is -0.822. The van der Waals surface area contributed by atoms with Gasteiger partial charge in [-0.1, -0.05) is 127 Å². The van der Waals surface area contributed by atoms with Crippen molar-refractivity contribution < 1.29 is 30.5 Å². The van der Waals surface area contributed by atoms with Crippen LogP contribution in [0.3, 0.4) is 0 Å². The lowest BCUT2D eigenvalue weighted by Crippen LogP contribution is -2.06. The molecule has 0 saturated carbocycles. The van der Waals surface area contributed by atoms with Crippen molar-refractivity contribution in [2.75, 3.05) is 0 Å². The standard InChI is InChI=1S/C45H26N4OS/c1-2-11-27(12-3-1)28-21-23-29(24-22-28)43-46-44(35-17-10-16-32-30-13-5-8-19-38(30)50-41(32)35)48-45(47-43)49-36-18-7-4-15-34(36)40-37(49)26-25-33-31-14-6-9-20-39(31)51-42(33)40/h1-26H/i1D,2D,3D,4D,6D,7D,9D,11D,12D,14D,15D,18D,20D,21D,22D,23D,24D,25D,26D. The smallest absolute Gasteiger partial charge is 0.238 e. The zero-order valence-corrected chi connectivity index (χ0v) is 26.5. The van der Waals surface area contributed by atoms with Crippen LogP contribution in [0.1, 0.15) is 26.0 Å². The van der Waals surface area contributed by atoms with Gasteiger partial charge in [0.25, 0.3) is 0 Å². The minimum Gasteiger partial charge on any atom is -0.455 e. The predicted octanol–water partition coefficient (Wildman–Crippen LogP) is 12.2. The van der Waals surface area contributed by atoms with Crippen molar-refractivity contribution in [3.63, 3.8) is 0 Å². The summed E-state index contributed by atoms with van der Waals surface area (Å²) in [7, 11) is 0. The molecule has 4 aromatic heterocycles. The summed E-state index contributed by atoms with van der Waals surface area (Å²) in [5, 5.41) is 0.983. The molecular formula is C45H26N4OS. The van der Waals surface area contributed by atoms with E-state index in [-0.39, 0.29) is 58.9 Å². The van der Waals surface area contributed by atoms with E-state index in [0.29, 0.717) is 16.4 Å². The summed E-state index contributed by atoms with van der Waals surface area (Å²) >= 11 is 0.842. The highest BCUT2D eigenvalue weighted by atomic mass is 32.1. The van der Waals surface area contributed by atoms with Crippen molar-refractivity contribution >= 4 is 75.3 Å². The van der Waals surface area contributed by atoms with E-state index in [1.807, 2.05) is 12.1 Å². The highest BCUT2D eigenvalue weighted by molar-refractivity contribution is 7.26. The van der Waals surface area contributed by atoms with Gasteiger partial charge in [-0.3, -0.25) is 4.57 Å². The maximum absolute atomic E-state index is 9.61. The van der Waals surface area contributed by atoms with Crippen LogP contribution in [-0.2, 0) is 0 Å².